The number of ether oxygens (including phenoxy) is 2. The third-order valence-corrected chi connectivity index (χ3v) is 8.67. The van der Waals surface area contributed by atoms with Crippen molar-refractivity contribution in [3.63, 3.8) is 0 Å². The number of pyridine rings is 1. The van der Waals surface area contributed by atoms with Gasteiger partial charge in [-0.1, -0.05) is 49.4 Å². The van der Waals surface area contributed by atoms with Gasteiger partial charge in [0.1, 0.15) is 28.7 Å². The molecule has 0 aliphatic rings. The molecule has 0 radical (unpaired) electrons. The Morgan fingerprint density at radius 2 is 1.45 bits per heavy atom. The molecule has 3 heterocycles. The molecule has 1 N–H and O–H groups in total. The van der Waals surface area contributed by atoms with E-state index in [1.807, 2.05) is 42.5 Å². The van der Waals surface area contributed by atoms with Crippen molar-refractivity contribution in [3.8, 4) is 40.0 Å². The standard InChI is InChI=1S/C29H28FN7O4S/c1-18(27-31-16-21(30)17-32-27)19(2)42(38,39)36-29-35-34-28(37(29)26-24(40-3)14-9-15-25(26)41-4)23-13-8-12-22(33-23)20-10-6-5-7-11-20/h5-19H,1-4H3,(H,35,36)/t18-,19-/m0/s1. The second-order valence-electron chi connectivity index (χ2n) is 9.37. The Hall–Kier alpha value is -4.91. The van der Waals surface area contributed by atoms with E-state index in [2.05, 4.69) is 24.9 Å². The Kier molecular flexibility index (Phi) is 8.11. The Balaban J connectivity index is 1.63. The summed E-state index contributed by atoms with van der Waals surface area (Å²) in [5, 5.41) is 7.54. The van der Waals surface area contributed by atoms with Crippen molar-refractivity contribution in [1.82, 2.24) is 29.7 Å². The number of hydrogen-bond acceptors (Lipinski definition) is 9. The van der Waals surface area contributed by atoms with E-state index in [9.17, 15) is 12.8 Å². The van der Waals surface area contributed by atoms with Crippen LogP contribution in [0.2, 0.25) is 0 Å². The van der Waals surface area contributed by atoms with E-state index in [-0.39, 0.29) is 17.6 Å². The fourth-order valence-electron chi connectivity index (χ4n) is 4.37. The average Bonchev–Trinajstić information content (AvgIpc) is 3.42. The Morgan fingerprint density at radius 1 is 0.833 bits per heavy atom. The third kappa shape index (κ3) is 5.63. The molecule has 0 spiro atoms. The van der Waals surface area contributed by atoms with E-state index in [4.69, 9.17) is 14.5 Å². The van der Waals surface area contributed by atoms with Crippen LogP contribution in [0.15, 0.2) is 79.1 Å². The number of sulfonamides is 1. The van der Waals surface area contributed by atoms with Crippen LogP contribution >= 0.6 is 0 Å². The molecule has 0 aliphatic heterocycles. The van der Waals surface area contributed by atoms with E-state index < -0.39 is 27.0 Å². The molecular formula is C29H28FN7O4S. The molecule has 2 aromatic carbocycles. The summed E-state index contributed by atoms with van der Waals surface area (Å²) >= 11 is 0. The first kappa shape index (κ1) is 28.6. The van der Waals surface area contributed by atoms with E-state index in [0.29, 0.717) is 28.6 Å². The molecule has 0 unspecified atom stereocenters. The lowest BCUT2D eigenvalue weighted by atomic mass is 10.1. The van der Waals surface area contributed by atoms with Gasteiger partial charge in [-0.25, -0.2) is 27.8 Å². The summed E-state index contributed by atoms with van der Waals surface area (Å²) < 4.78 is 56.0. The minimum Gasteiger partial charge on any atom is -0.494 e. The van der Waals surface area contributed by atoms with E-state index in [1.165, 1.54) is 25.7 Å². The maximum absolute atomic E-state index is 13.7. The number of halogens is 1. The van der Waals surface area contributed by atoms with Gasteiger partial charge in [0.05, 0.1) is 37.6 Å². The summed E-state index contributed by atoms with van der Waals surface area (Å²) in [6.45, 7) is 3.16. The van der Waals surface area contributed by atoms with Crippen LogP contribution in [0.3, 0.4) is 0 Å². The van der Waals surface area contributed by atoms with Crippen molar-refractivity contribution in [1.29, 1.82) is 0 Å². The van der Waals surface area contributed by atoms with Gasteiger partial charge in [-0.05, 0) is 31.2 Å². The Bertz CT molecular complexity index is 1780. The molecular weight excluding hydrogens is 561 g/mol. The van der Waals surface area contributed by atoms with Crippen LogP contribution in [0.1, 0.15) is 25.6 Å². The van der Waals surface area contributed by atoms with Crippen LogP contribution in [0.5, 0.6) is 11.5 Å². The molecule has 2 atom stereocenters. The maximum atomic E-state index is 13.7. The van der Waals surface area contributed by atoms with Crippen LogP contribution in [-0.4, -0.2) is 57.6 Å². The molecule has 5 rings (SSSR count). The number of methoxy groups -OCH3 is 2. The summed E-state index contributed by atoms with van der Waals surface area (Å²) in [5.41, 5.74) is 2.39. The van der Waals surface area contributed by atoms with E-state index in [0.717, 1.165) is 18.0 Å². The van der Waals surface area contributed by atoms with Crippen molar-refractivity contribution in [2.45, 2.75) is 25.0 Å². The zero-order chi connectivity index (χ0) is 29.9. The first-order chi connectivity index (χ1) is 20.2. The minimum absolute atomic E-state index is 0.112. The van der Waals surface area contributed by atoms with E-state index in [1.54, 1.807) is 31.2 Å². The van der Waals surface area contributed by atoms with Gasteiger partial charge in [-0.2, -0.15) is 0 Å². The number of aromatic nitrogens is 6. The highest BCUT2D eigenvalue weighted by atomic mass is 32.2. The van der Waals surface area contributed by atoms with Crippen LogP contribution in [0.25, 0.3) is 28.5 Å². The Labute approximate surface area is 242 Å². The lowest BCUT2D eigenvalue weighted by molar-refractivity contribution is 0.391. The topological polar surface area (TPSA) is 134 Å². The summed E-state index contributed by atoms with van der Waals surface area (Å²) in [7, 11) is -1.12. The predicted octanol–water partition coefficient (Wildman–Crippen LogP) is 4.88. The van der Waals surface area contributed by atoms with Crippen LogP contribution in [-0.2, 0) is 10.0 Å². The van der Waals surface area contributed by atoms with E-state index >= 15 is 0 Å². The van der Waals surface area contributed by atoms with Crippen LogP contribution in [0, 0.1) is 5.82 Å². The normalized spacial score (nSPS) is 12.9. The quantitative estimate of drug-likeness (QED) is 0.242. The van der Waals surface area contributed by atoms with Gasteiger partial charge in [0.25, 0.3) is 0 Å². The van der Waals surface area contributed by atoms with Crippen molar-refractivity contribution < 1.29 is 22.3 Å². The van der Waals surface area contributed by atoms with Gasteiger partial charge < -0.3 is 9.47 Å². The molecule has 0 aliphatic carbocycles. The second-order valence-corrected chi connectivity index (χ2v) is 11.4. The SMILES string of the molecule is COc1cccc(OC)c1-n1c(NS(=O)(=O)[C@@H](C)[C@H](C)c2ncc(F)cn2)nnc1-c1cccc(-c2ccccc2)n1. The average molecular weight is 590 g/mol. The van der Waals surface area contributed by atoms with Crippen molar-refractivity contribution in [2.24, 2.45) is 0 Å². The number of anilines is 1. The largest absolute Gasteiger partial charge is 0.494 e. The smallest absolute Gasteiger partial charge is 0.243 e. The number of rotatable bonds is 10. The van der Waals surface area contributed by atoms with Gasteiger partial charge in [-0.3, -0.25) is 9.29 Å². The van der Waals surface area contributed by atoms with Crippen molar-refractivity contribution in [3.05, 3.63) is 90.8 Å². The molecule has 216 valence electrons. The first-order valence-electron chi connectivity index (χ1n) is 12.9. The van der Waals surface area contributed by atoms with Gasteiger partial charge in [0.15, 0.2) is 11.6 Å². The molecule has 0 bridgehead atoms. The first-order valence-corrected chi connectivity index (χ1v) is 14.5. The summed E-state index contributed by atoms with van der Waals surface area (Å²) in [6.07, 6.45) is 2.00. The minimum atomic E-state index is -4.11. The Morgan fingerprint density at radius 3 is 2.10 bits per heavy atom. The van der Waals surface area contributed by atoms with Crippen LogP contribution < -0.4 is 14.2 Å². The second kappa shape index (κ2) is 11.9. The fourth-order valence-corrected chi connectivity index (χ4v) is 5.60. The third-order valence-electron chi connectivity index (χ3n) is 6.81. The fraction of sp³-hybridized carbons (Fsp3) is 0.207. The number of hydrogen-bond donors (Lipinski definition) is 1. The van der Waals surface area contributed by atoms with Gasteiger partial charge in [0.2, 0.25) is 16.0 Å². The number of nitrogens with zero attached hydrogens (tertiary/aromatic N) is 6. The zero-order valence-corrected chi connectivity index (χ0v) is 24.1. The molecule has 3 aromatic heterocycles. The summed E-state index contributed by atoms with van der Waals surface area (Å²) in [6, 6.07) is 20.2. The van der Waals surface area contributed by atoms with Gasteiger partial charge in [-0.15, -0.1) is 10.2 Å². The lowest BCUT2D eigenvalue weighted by Crippen LogP contribution is -2.31. The molecule has 0 amide bonds. The highest BCUT2D eigenvalue weighted by Crippen LogP contribution is 2.38. The summed E-state index contributed by atoms with van der Waals surface area (Å²) in [4.78, 5) is 12.7. The molecule has 0 fully saturated rings. The maximum Gasteiger partial charge on any atom is 0.243 e. The number of para-hydroxylation sites is 1. The highest BCUT2D eigenvalue weighted by Gasteiger charge is 2.32. The summed E-state index contributed by atoms with van der Waals surface area (Å²) in [5.74, 6) is -0.202. The number of benzene rings is 2. The van der Waals surface area contributed by atoms with Crippen LogP contribution in [0.4, 0.5) is 10.3 Å². The molecule has 0 saturated carbocycles. The van der Waals surface area contributed by atoms with Gasteiger partial charge in [0, 0.05) is 11.5 Å². The highest BCUT2D eigenvalue weighted by molar-refractivity contribution is 7.93. The van der Waals surface area contributed by atoms with Gasteiger partial charge >= 0.3 is 0 Å². The molecule has 5 aromatic rings. The molecule has 13 heteroatoms. The molecule has 0 saturated heterocycles. The monoisotopic (exact) mass is 589 g/mol. The lowest BCUT2D eigenvalue weighted by Gasteiger charge is -2.21. The zero-order valence-electron chi connectivity index (χ0n) is 23.3. The predicted molar refractivity (Wildman–Crippen MR) is 156 cm³/mol. The molecule has 11 nitrogen and oxygen atoms in total. The molecule has 42 heavy (non-hydrogen) atoms. The van der Waals surface area contributed by atoms with Crippen molar-refractivity contribution >= 4 is 16.0 Å². The number of nitrogens with one attached hydrogen (secondary N) is 1. The van der Waals surface area contributed by atoms with Crippen molar-refractivity contribution in [2.75, 3.05) is 18.9 Å².